The van der Waals surface area contributed by atoms with Crippen molar-refractivity contribution in [1.29, 1.82) is 0 Å². The highest BCUT2D eigenvalue weighted by atomic mass is 19.1. The lowest BCUT2D eigenvalue weighted by atomic mass is 9.85. The summed E-state index contributed by atoms with van der Waals surface area (Å²) in [5.74, 6) is 0.619. The third-order valence-corrected chi connectivity index (χ3v) is 6.86. The summed E-state index contributed by atoms with van der Waals surface area (Å²) < 4.78 is 13.2. The molecule has 1 saturated heterocycles. The first-order valence-corrected chi connectivity index (χ1v) is 10.8. The third-order valence-electron chi connectivity index (χ3n) is 6.86. The molecule has 2 aliphatic rings. The van der Waals surface area contributed by atoms with Crippen molar-refractivity contribution in [3.05, 3.63) is 94.8 Å². The lowest BCUT2D eigenvalue weighted by Crippen LogP contribution is -2.44. The molecule has 3 heteroatoms. The van der Waals surface area contributed by atoms with Crippen LogP contribution in [-0.2, 0) is 6.42 Å². The number of likely N-dealkylation sites (tertiary alicyclic amines) is 1. The van der Waals surface area contributed by atoms with Crippen molar-refractivity contribution in [3.63, 3.8) is 0 Å². The summed E-state index contributed by atoms with van der Waals surface area (Å²) in [6, 6.07) is 21.4. The molecule has 30 heavy (non-hydrogen) atoms. The average Bonchev–Trinajstić information content (AvgIpc) is 3.11. The summed E-state index contributed by atoms with van der Waals surface area (Å²) in [5.41, 5.74) is 6.98. The van der Waals surface area contributed by atoms with Crippen LogP contribution < -0.4 is 0 Å². The zero-order chi connectivity index (χ0) is 20.7. The minimum atomic E-state index is -0.206. The number of piperidine rings is 1. The first kappa shape index (κ1) is 19.2. The van der Waals surface area contributed by atoms with Gasteiger partial charge in [-0.1, -0.05) is 54.6 Å². The molecule has 3 aromatic rings. The van der Waals surface area contributed by atoms with Gasteiger partial charge >= 0.3 is 0 Å². The lowest BCUT2D eigenvalue weighted by molar-refractivity contribution is 0.0798. The molecule has 152 valence electrons. The summed E-state index contributed by atoms with van der Waals surface area (Å²) >= 11 is 0. The number of ketones is 1. The van der Waals surface area contributed by atoms with Gasteiger partial charge in [-0.15, -0.1) is 0 Å². The number of hydrogen-bond donors (Lipinski definition) is 0. The maximum atomic E-state index is 13.2. The van der Waals surface area contributed by atoms with Crippen LogP contribution in [0.15, 0.2) is 66.7 Å². The SMILES string of the molecule is Cc1cc(-c2ccc(F)cc2)ccc1C1CCN(C2Cc3ccccc3C2=O)CC1. The summed E-state index contributed by atoms with van der Waals surface area (Å²) in [6.07, 6.45) is 3.01. The van der Waals surface area contributed by atoms with Crippen molar-refractivity contribution in [2.24, 2.45) is 0 Å². The quantitative estimate of drug-likeness (QED) is 0.556. The second-order valence-electron chi connectivity index (χ2n) is 8.63. The van der Waals surface area contributed by atoms with E-state index in [0.29, 0.717) is 11.7 Å². The monoisotopic (exact) mass is 399 g/mol. The number of fused-ring (bicyclic) bond motifs is 1. The van der Waals surface area contributed by atoms with Gasteiger partial charge in [0, 0.05) is 5.56 Å². The number of hydrogen-bond acceptors (Lipinski definition) is 2. The Hall–Kier alpha value is -2.78. The smallest absolute Gasteiger partial charge is 0.180 e. The average molecular weight is 400 g/mol. The molecule has 1 heterocycles. The number of aryl methyl sites for hydroxylation is 1. The standard InChI is InChI=1S/C27H26FNO/c1-18-16-21(19-6-9-23(28)10-7-19)8-11-24(18)20-12-14-29(15-13-20)26-17-22-4-2-3-5-25(22)27(26)30/h2-11,16,20,26H,12-15,17H2,1H3. The van der Waals surface area contributed by atoms with Gasteiger partial charge in [-0.2, -0.15) is 0 Å². The molecular weight excluding hydrogens is 373 g/mol. The lowest BCUT2D eigenvalue weighted by Gasteiger charge is -2.36. The van der Waals surface area contributed by atoms with Gasteiger partial charge in [0.1, 0.15) is 5.82 Å². The van der Waals surface area contributed by atoms with Gasteiger partial charge in [0.05, 0.1) is 6.04 Å². The number of nitrogens with zero attached hydrogens (tertiary/aromatic N) is 1. The molecule has 1 unspecified atom stereocenters. The molecule has 0 spiro atoms. The molecular formula is C27H26FNO. The maximum absolute atomic E-state index is 13.2. The van der Waals surface area contributed by atoms with Gasteiger partial charge in [0.15, 0.2) is 5.78 Å². The minimum Gasteiger partial charge on any atom is -0.293 e. The second-order valence-corrected chi connectivity index (χ2v) is 8.63. The summed E-state index contributed by atoms with van der Waals surface area (Å²) in [4.78, 5) is 15.2. The maximum Gasteiger partial charge on any atom is 0.180 e. The van der Waals surface area contributed by atoms with E-state index in [9.17, 15) is 9.18 Å². The Bertz CT molecular complexity index is 1080. The predicted molar refractivity (Wildman–Crippen MR) is 118 cm³/mol. The van der Waals surface area contributed by atoms with E-state index in [-0.39, 0.29) is 11.9 Å². The Balaban J connectivity index is 1.27. The highest BCUT2D eigenvalue weighted by molar-refractivity contribution is 6.04. The Kier molecular flexibility index (Phi) is 5.00. The Morgan fingerprint density at radius 3 is 2.30 bits per heavy atom. The molecule has 1 fully saturated rings. The summed E-state index contributed by atoms with van der Waals surface area (Å²) in [5, 5.41) is 0. The molecule has 1 atom stereocenters. The third kappa shape index (κ3) is 3.48. The Morgan fingerprint density at radius 1 is 0.900 bits per heavy atom. The van der Waals surface area contributed by atoms with Crippen LogP contribution in [0.1, 0.15) is 45.8 Å². The van der Waals surface area contributed by atoms with E-state index in [0.717, 1.165) is 49.0 Å². The highest BCUT2D eigenvalue weighted by Crippen LogP contribution is 2.35. The van der Waals surface area contributed by atoms with Crippen molar-refractivity contribution in [2.75, 3.05) is 13.1 Å². The molecule has 0 N–H and O–H groups in total. The van der Waals surface area contributed by atoms with Crippen LogP contribution in [0.4, 0.5) is 4.39 Å². The molecule has 2 nitrogen and oxygen atoms in total. The van der Waals surface area contributed by atoms with Crippen molar-refractivity contribution >= 4 is 5.78 Å². The van der Waals surface area contributed by atoms with E-state index in [2.05, 4.69) is 36.1 Å². The molecule has 5 rings (SSSR count). The van der Waals surface area contributed by atoms with Crippen LogP contribution in [0, 0.1) is 12.7 Å². The number of benzene rings is 3. The van der Waals surface area contributed by atoms with E-state index in [4.69, 9.17) is 0 Å². The number of carbonyl (C=O) groups excluding carboxylic acids is 1. The van der Waals surface area contributed by atoms with Gasteiger partial charge in [-0.25, -0.2) is 4.39 Å². The number of carbonyl (C=O) groups is 1. The van der Waals surface area contributed by atoms with Crippen LogP contribution in [0.25, 0.3) is 11.1 Å². The number of rotatable bonds is 3. The van der Waals surface area contributed by atoms with Crippen molar-refractivity contribution in [2.45, 2.75) is 38.1 Å². The largest absolute Gasteiger partial charge is 0.293 e. The van der Waals surface area contributed by atoms with E-state index in [1.165, 1.54) is 28.8 Å². The molecule has 0 amide bonds. The van der Waals surface area contributed by atoms with Gasteiger partial charge < -0.3 is 0 Å². The fourth-order valence-corrected chi connectivity index (χ4v) is 5.19. The zero-order valence-electron chi connectivity index (χ0n) is 17.3. The molecule has 1 aliphatic heterocycles. The number of Topliss-reactive ketones (excluding diaryl/α,β-unsaturated/α-hetero) is 1. The summed E-state index contributed by atoms with van der Waals surface area (Å²) in [6.45, 7) is 4.11. The van der Waals surface area contributed by atoms with Crippen molar-refractivity contribution in [3.8, 4) is 11.1 Å². The molecule has 1 aliphatic carbocycles. The van der Waals surface area contributed by atoms with Gasteiger partial charge in [-0.05, 0) is 85.1 Å². The molecule has 0 aromatic heterocycles. The van der Waals surface area contributed by atoms with E-state index in [1.807, 2.05) is 30.3 Å². The van der Waals surface area contributed by atoms with Gasteiger partial charge in [-0.3, -0.25) is 9.69 Å². The zero-order valence-corrected chi connectivity index (χ0v) is 17.3. The van der Waals surface area contributed by atoms with Crippen LogP contribution >= 0.6 is 0 Å². The van der Waals surface area contributed by atoms with Crippen LogP contribution in [-0.4, -0.2) is 29.8 Å². The van der Waals surface area contributed by atoms with Gasteiger partial charge in [0.25, 0.3) is 0 Å². The normalized spacial score (nSPS) is 19.8. The van der Waals surface area contributed by atoms with Crippen LogP contribution in [0.3, 0.4) is 0 Å². The van der Waals surface area contributed by atoms with E-state index in [1.54, 1.807) is 0 Å². The van der Waals surface area contributed by atoms with Crippen molar-refractivity contribution < 1.29 is 9.18 Å². The fourth-order valence-electron chi connectivity index (χ4n) is 5.19. The molecule has 0 radical (unpaired) electrons. The second kappa shape index (κ2) is 7.81. The molecule has 0 bridgehead atoms. The first-order chi connectivity index (χ1) is 14.6. The minimum absolute atomic E-state index is 0.0188. The number of halogens is 1. The Labute approximate surface area is 177 Å². The fraction of sp³-hybridized carbons (Fsp3) is 0.296. The predicted octanol–water partition coefficient (Wildman–Crippen LogP) is 5.79. The van der Waals surface area contributed by atoms with E-state index < -0.39 is 0 Å². The van der Waals surface area contributed by atoms with Crippen molar-refractivity contribution in [1.82, 2.24) is 4.90 Å². The summed E-state index contributed by atoms with van der Waals surface area (Å²) in [7, 11) is 0. The van der Waals surface area contributed by atoms with Gasteiger partial charge in [0.2, 0.25) is 0 Å². The first-order valence-electron chi connectivity index (χ1n) is 10.8. The molecule has 0 saturated carbocycles. The Morgan fingerprint density at radius 2 is 1.60 bits per heavy atom. The van der Waals surface area contributed by atoms with Crippen LogP contribution in [0.2, 0.25) is 0 Å². The highest BCUT2D eigenvalue weighted by Gasteiger charge is 2.36. The van der Waals surface area contributed by atoms with E-state index >= 15 is 0 Å². The van der Waals surface area contributed by atoms with Crippen LogP contribution in [0.5, 0.6) is 0 Å². The molecule has 3 aromatic carbocycles. The topological polar surface area (TPSA) is 20.3 Å².